The number of carbonyl (C=O) groups is 1. The summed E-state index contributed by atoms with van der Waals surface area (Å²) in [6, 6.07) is 3.59. The first-order valence-corrected chi connectivity index (χ1v) is 6.85. The zero-order chi connectivity index (χ0) is 13.8. The monoisotopic (exact) mass is 296 g/mol. The SMILES string of the molecule is CNc1cncc(C(=O)NC(C)c2ccc(Cl)s2)n1. The van der Waals surface area contributed by atoms with Crippen LogP contribution in [0.25, 0.3) is 0 Å². The molecule has 2 N–H and O–H groups in total. The van der Waals surface area contributed by atoms with Gasteiger partial charge in [0.1, 0.15) is 11.5 Å². The van der Waals surface area contributed by atoms with E-state index < -0.39 is 0 Å². The Morgan fingerprint density at radius 1 is 1.42 bits per heavy atom. The third-order valence-corrected chi connectivity index (χ3v) is 3.91. The number of hydrogen-bond acceptors (Lipinski definition) is 5. The molecule has 1 amide bonds. The lowest BCUT2D eigenvalue weighted by Crippen LogP contribution is -2.27. The maximum absolute atomic E-state index is 12.0. The highest BCUT2D eigenvalue weighted by Gasteiger charge is 2.14. The smallest absolute Gasteiger partial charge is 0.272 e. The second kappa shape index (κ2) is 5.99. The number of hydrogen-bond donors (Lipinski definition) is 2. The summed E-state index contributed by atoms with van der Waals surface area (Å²) in [5, 5.41) is 5.70. The van der Waals surface area contributed by atoms with E-state index in [-0.39, 0.29) is 17.6 Å². The molecule has 19 heavy (non-hydrogen) atoms. The second-order valence-corrected chi connectivity index (χ2v) is 5.62. The van der Waals surface area contributed by atoms with Gasteiger partial charge in [0.05, 0.1) is 22.8 Å². The molecular formula is C12H13ClN4OS. The van der Waals surface area contributed by atoms with Gasteiger partial charge in [0.25, 0.3) is 5.91 Å². The fourth-order valence-electron chi connectivity index (χ4n) is 1.50. The number of anilines is 1. The molecule has 2 aromatic rings. The maximum Gasteiger partial charge on any atom is 0.272 e. The average molecular weight is 297 g/mol. The zero-order valence-electron chi connectivity index (χ0n) is 10.5. The van der Waals surface area contributed by atoms with Gasteiger partial charge < -0.3 is 10.6 Å². The molecule has 0 aliphatic rings. The summed E-state index contributed by atoms with van der Waals surface area (Å²) >= 11 is 7.32. The second-order valence-electron chi connectivity index (χ2n) is 3.88. The highest BCUT2D eigenvalue weighted by Crippen LogP contribution is 2.26. The molecule has 0 saturated heterocycles. The van der Waals surface area contributed by atoms with Gasteiger partial charge in [-0.05, 0) is 19.1 Å². The van der Waals surface area contributed by atoms with E-state index in [0.717, 1.165) is 4.88 Å². The van der Waals surface area contributed by atoms with E-state index >= 15 is 0 Å². The molecule has 1 atom stereocenters. The van der Waals surface area contributed by atoms with Crippen LogP contribution in [0.5, 0.6) is 0 Å². The Morgan fingerprint density at radius 3 is 2.84 bits per heavy atom. The van der Waals surface area contributed by atoms with Crippen molar-refractivity contribution in [3.63, 3.8) is 0 Å². The van der Waals surface area contributed by atoms with Crippen molar-refractivity contribution in [1.82, 2.24) is 15.3 Å². The zero-order valence-corrected chi connectivity index (χ0v) is 12.0. The Kier molecular flexibility index (Phi) is 4.34. The Morgan fingerprint density at radius 2 is 2.21 bits per heavy atom. The molecule has 0 radical (unpaired) electrons. The van der Waals surface area contributed by atoms with Gasteiger partial charge in [-0.15, -0.1) is 11.3 Å². The highest BCUT2D eigenvalue weighted by atomic mass is 35.5. The number of halogens is 1. The predicted octanol–water partition coefficient (Wildman–Crippen LogP) is 2.72. The minimum atomic E-state index is -0.262. The number of aromatic nitrogens is 2. The molecule has 2 aromatic heterocycles. The summed E-state index contributed by atoms with van der Waals surface area (Å²) < 4.78 is 0.702. The molecule has 0 saturated carbocycles. The van der Waals surface area contributed by atoms with Crippen LogP contribution in [0.3, 0.4) is 0 Å². The summed E-state index contributed by atoms with van der Waals surface area (Å²) in [6.45, 7) is 1.90. The number of nitrogens with one attached hydrogen (secondary N) is 2. The molecule has 2 heterocycles. The van der Waals surface area contributed by atoms with Crippen molar-refractivity contribution >= 4 is 34.7 Å². The van der Waals surface area contributed by atoms with Crippen molar-refractivity contribution in [3.05, 3.63) is 39.4 Å². The topological polar surface area (TPSA) is 66.9 Å². The minimum Gasteiger partial charge on any atom is -0.372 e. The van der Waals surface area contributed by atoms with Crippen LogP contribution in [0, 0.1) is 0 Å². The summed E-state index contributed by atoms with van der Waals surface area (Å²) in [4.78, 5) is 21.1. The minimum absolute atomic E-state index is 0.120. The fraction of sp³-hybridized carbons (Fsp3) is 0.250. The van der Waals surface area contributed by atoms with Crippen LogP contribution in [0.15, 0.2) is 24.5 Å². The first-order chi connectivity index (χ1) is 9.10. The van der Waals surface area contributed by atoms with Crippen molar-refractivity contribution < 1.29 is 4.79 Å². The number of amides is 1. The van der Waals surface area contributed by atoms with Crippen LogP contribution in [-0.2, 0) is 0 Å². The molecule has 2 rings (SSSR count). The molecule has 0 aliphatic heterocycles. The van der Waals surface area contributed by atoms with Gasteiger partial charge in [-0.25, -0.2) is 4.98 Å². The number of rotatable bonds is 4. The van der Waals surface area contributed by atoms with E-state index in [4.69, 9.17) is 11.6 Å². The van der Waals surface area contributed by atoms with Crippen LogP contribution >= 0.6 is 22.9 Å². The molecular weight excluding hydrogens is 284 g/mol. The van der Waals surface area contributed by atoms with E-state index in [9.17, 15) is 4.79 Å². The summed E-state index contributed by atoms with van der Waals surface area (Å²) in [7, 11) is 1.72. The number of thiophene rings is 1. The molecule has 0 aliphatic carbocycles. The van der Waals surface area contributed by atoms with Gasteiger partial charge in [0.15, 0.2) is 0 Å². The quantitative estimate of drug-likeness (QED) is 0.910. The lowest BCUT2D eigenvalue weighted by molar-refractivity contribution is 0.0935. The van der Waals surface area contributed by atoms with Gasteiger partial charge in [0.2, 0.25) is 0 Å². The number of nitrogens with zero attached hydrogens (tertiary/aromatic N) is 2. The van der Waals surface area contributed by atoms with Gasteiger partial charge in [-0.1, -0.05) is 11.6 Å². The summed E-state index contributed by atoms with van der Waals surface area (Å²) in [6.07, 6.45) is 2.99. The van der Waals surface area contributed by atoms with E-state index in [0.29, 0.717) is 10.2 Å². The Balaban J connectivity index is 2.08. The van der Waals surface area contributed by atoms with Crippen molar-refractivity contribution in [2.45, 2.75) is 13.0 Å². The first-order valence-electron chi connectivity index (χ1n) is 5.66. The Hall–Kier alpha value is -1.66. The molecule has 5 nitrogen and oxygen atoms in total. The standard InChI is InChI=1S/C12H13ClN4OS/c1-7(9-3-4-10(13)19-9)16-12(18)8-5-15-6-11(14-2)17-8/h3-7H,1-2H3,(H,14,17)(H,16,18). The molecule has 0 spiro atoms. The van der Waals surface area contributed by atoms with Crippen molar-refractivity contribution in [2.24, 2.45) is 0 Å². The molecule has 7 heteroatoms. The van der Waals surface area contributed by atoms with Crippen molar-refractivity contribution in [3.8, 4) is 0 Å². The molecule has 0 fully saturated rings. The van der Waals surface area contributed by atoms with E-state index in [1.165, 1.54) is 17.5 Å². The summed E-state index contributed by atoms with van der Waals surface area (Å²) in [5.74, 6) is 0.293. The van der Waals surface area contributed by atoms with Gasteiger partial charge in [0, 0.05) is 11.9 Å². The van der Waals surface area contributed by atoms with E-state index in [1.807, 2.05) is 19.1 Å². The first kappa shape index (κ1) is 13.8. The van der Waals surface area contributed by atoms with E-state index in [2.05, 4.69) is 20.6 Å². The molecule has 1 unspecified atom stereocenters. The maximum atomic E-state index is 12.0. The lowest BCUT2D eigenvalue weighted by atomic mass is 10.2. The fourth-order valence-corrected chi connectivity index (χ4v) is 2.56. The van der Waals surface area contributed by atoms with Gasteiger partial charge >= 0.3 is 0 Å². The van der Waals surface area contributed by atoms with Crippen LogP contribution in [0.2, 0.25) is 4.34 Å². The lowest BCUT2D eigenvalue weighted by Gasteiger charge is -2.11. The van der Waals surface area contributed by atoms with E-state index in [1.54, 1.807) is 13.2 Å². The third-order valence-electron chi connectivity index (χ3n) is 2.49. The predicted molar refractivity (Wildman–Crippen MR) is 76.8 cm³/mol. The average Bonchev–Trinajstić information content (AvgIpc) is 2.85. The molecule has 0 aromatic carbocycles. The van der Waals surface area contributed by atoms with Gasteiger partial charge in [-0.2, -0.15) is 0 Å². The summed E-state index contributed by atoms with van der Waals surface area (Å²) in [5.41, 5.74) is 0.279. The molecule has 100 valence electrons. The Bertz CT molecular complexity index is 587. The largest absolute Gasteiger partial charge is 0.372 e. The highest BCUT2D eigenvalue weighted by molar-refractivity contribution is 7.16. The number of carbonyl (C=O) groups excluding carboxylic acids is 1. The third kappa shape index (κ3) is 3.42. The van der Waals surface area contributed by atoms with Crippen LogP contribution < -0.4 is 10.6 Å². The van der Waals surface area contributed by atoms with Crippen molar-refractivity contribution in [1.29, 1.82) is 0 Å². The van der Waals surface area contributed by atoms with Crippen LogP contribution in [0.1, 0.15) is 28.3 Å². The van der Waals surface area contributed by atoms with Gasteiger partial charge in [-0.3, -0.25) is 9.78 Å². The van der Waals surface area contributed by atoms with Crippen LogP contribution in [0.4, 0.5) is 5.82 Å². The Labute approximate surface area is 120 Å². The normalized spacial score (nSPS) is 11.9. The molecule has 0 bridgehead atoms. The van der Waals surface area contributed by atoms with Crippen molar-refractivity contribution in [2.75, 3.05) is 12.4 Å². The van der Waals surface area contributed by atoms with Crippen LogP contribution in [-0.4, -0.2) is 22.9 Å².